The molecule has 2 aromatic rings. The summed E-state index contributed by atoms with van der Waals surface area (Å²) in [4.78, 5) is 12.9. The zero-order valence-corrected chi connectivity index (χ0v) is 16.8. The summed E-state index contributed by atoms with van der Waals surface area (Å²) in [5.74, 6) is -0.418. The van der Waals surface area contributed by atoms with Crippen LogP contribution in [0.3, 0.4) is 0 Å². The van der Waals surface area contributed by atoms with Crippen molar-refractivity contribution in [1.82, 2.24) is 9.62 Å². The van der Waals surface area contributed by atoms with Crippen LogP contribution in [-0.2, 0) is 10.0 Å². The third-order valence-electron chi connectivity index (χ3n) is 4.76. The molecule has 0 aliphatic carbocycles. The van der Waals surface area contributed by atoms with Crippen LogP contribution in [0, 0.1) is 0 Å². The van der Waals surface area contributed by atoms with Crippen LogP contribution in [0.4, 0.5) is 0 Å². The number of amides is 1. The lowest BCUT2D eigenvalue weighted by Crippen LogP contribution is -2.37. The summed E-state index contributed by atoms with van der Waals surface area (Å²) < 4.78 is 27.6. The van der Waals surface area contributed by atoms with E-state index in [1.165, 1.54) is 10.4 Å². The second kappa shape index (κ2) is 8.42. The van der Waals surface area contributed by atoms with Gasteiger partial charge in [0, 0.05) is 18.1 Å². The van der Waals surface area contributed by atoms with Gasteiger partial charge in [-0.05, 0) is 49.6 Å². The zero-order valence-electron chi connectivity index (χ0n) is 15.2. The van der Waals surface area contributed by atoms with Gasteiger partial charge in [0.15, 0.2) is 0 Å². The predicted molar refractivity (Wildman–Crippen MR) is 106 cm³/mol. The van der Waals surface area contributed by atoms with Crippen LogP contribution in [0.5, 0.6) is 0 Å². The SMILES string of the molecule is CC(NC(=O)c1ccccc1S(=O)(=O)N1CCCCC1)c1cccc(Cl)c1. The maximum atomic E-state index is 13.0. The average molecular weight is 407 g/mol. The first kappa shape index (κ1) is 19.9. The Morgan fingerprint density at radius 3 is 2.48 bits per heavy atom. The molecule has 0 bridgehead atoms. The number of carbonyl (C=O) groups excluding carboxylic acids is 1. The van der Waals surface area contributed by atoms with Crippen molar-refractivity contribution in [1.29, 1.82) is 0 Å². The molecule has 1 aliphatic rings. The predicted octanol–water partition coefficient (Wildman–Crippen LogP) is 4.01. The Morgan fingerprint density at radius 2 is 1.78 bits per heavy atom. The fraction of sp³-hybridized carbons (Fsp3) is 0.350. The highest BCUT2D eigenvalue weighted by atomic mass is 35.5. The Kier molecular flexibility index (Phi) is 6.19. The zero-order chi connectivity index (χ0) is 19.4. The molecule has 5 nitrogen and oxygen atoms in total. The maximum Gasteiger partial charge on any atom is 0.253 e. The number of nitrogens with zero attached hydrogens (tertiary/aromatic N) is 1. The third-order valence-corrected chi connectivity index (χ3v) is 6.95. The molecule has 1 N–H and O–H groups in total. The van der Waals surface area contributed by atoms with E-state index in [-0.39, 0.29) is 16.5 Å². The lowest BCUT2D eigenvalue weighted by atomic mass is 10.1. The van der Waals surface area contributed by atoms with E-state index in [0.717, 1.165) is 24.8 Å². The minimum Gasteiger partial charge on any atom is -0.345 e. The first-order valence-electron chi connectivity index (χ1n) is 9.05. The molecule has 1 heterocycles. The van der Waals surface area contributed by atoms with E-state index >= 15 is 0 Å². The number of nitrogens with one attached hydrogen (secondary N) is 1. The summed E-state index contributed by atoms with van der Waals surface area (Å²) in [5, 5.41) is 3.46. The lowest BCUT2D eigenvalue weighted by Gasteiger charge is -2.26. The van der Waals surface area contributed by atoms with Crippen LogP contribution in [0.25, 0.3) is 0 Å². The summed E-state index contributed by atoms with van der Waals surface area (Å²) >= 11 is 6.02. The fourth-order valence-corrected chi connectivity index (χ4v) is 5.16. The summed E-state index contributed by atoms with van der Waals surface area (Å²) in [5.41, 5.74) is 1.02. The van der Waals surface area contributed by atoms with Gasteiger partial charge in [-0.25, -0.2) is 8.42 Å². The topological polar surface area (TPSA) is 66.5 Å². The van der Waals surface area contributed by atoms with Crippen molar-refractivity contribution in [2.75, 3.05) is 13.1 Å². The largest absolute Gasteiger partial charge is 0.345 e. The molecule has 144 valence electrons. The first-order chi connectivity index (χ1) is 12.9. The molecule has 0 saturated carbocycles. The summed E-state index contributed by atoms with van der Waals surface area (Å²) in [6.07, 6.45) is 2.73. The standard InChI is InChI=1S/C20H23ClN2O3S/c1-15(16-8-7-9-17(21)14-16)22-20(24)18-10-3-4-11-19(18)27(25,26)23-12-5-2-6-13-23/h3-4,7-11,14-15H,2,5-6,12-13H2,1H3,(H,22,24). The van der Waals surface area contributed by atoms with Crippen LogP contribution in [0.1, 0.15) is 48.1 Å². The number of hydrogen-bond donors (Lipinski definition) is 1. The van der Waals surface area contributed by atoms with Gasteiger partial charge in [-0.15, -0.1) is 0 Å². The Balaban J connectivity index is 1.85. The molecule has 7 heteroatoms. The van der Waals surface area contributed by atoms with Crippen molar-refractivity contribution in [2.45, 2.75) is 37.1 Å². The Morgan fingerprint density at radius 1 is 1.07 bits per heavy atom. The molecule has 3 rings (SSSR count). The smallest absolute Gasteiger partial charge is 0.253 e. The number of carbonyl (C=O) groups is 1. The molecule has 0 aromatic heterocycles. The van der Waals surface area contributed by atoms with Crippen LogP contribution in [0.15, 0.2) is 53.4 Å². The number of hydrogen-bond acceptors (Lipinski definition) is 3. The molecule has 1 atom stereocenters. The van der Waals surface area contributed by atoms with E-state index in [9.17, 15) is 13.2 Å². The van der Waals surface area contributed by atoms with Crippen molar-refractivity contribution in [3.63, 3.8) is 0 Å². The normalized spacial score (nSPS) is 16.7. The third kappa shape index (κ3) is 4.51. The summed E-state index contributed by atoms with van der Waals surface area (Å²) in [6.45, 7) is 2.83. The highest BCUT2D eigenvalue weighted by molar-refractivity contribution is 7.89. The minimum absolute atomic E-state index is 0.0581. The van der Waals surface area contributed by atoms with Gasteiger partial charge >= 0.3 is 0 Å². The number of rotatable bonds is 5. The van der Waals surface area contributed by atoms with E-state index in [2.05, 4.69) is 5.32 Å². The molecular weight excluding hydrogens is 384 g/mol. The van der Waals surface area contributed by atoms with Gasteiger partial charge in [0.2, 0.25) is 10.0 Å². The average Bonchev–Trinajstić information content (AvgIpc) is 2.68. The number of benzene rings is 2. The first-order valence-corrected chi connectivity index (χ1v) is 10.9. The van der Waals surface area contributed by atoms with E-state index in [1.807, 2.05) is 19.1 Å². The van der Waals surface area contributed by atoms with E-state index in [4.69, 9.17) is 11.6 Å². The molecule has 1 unspecified atom stereocenters. The molecule has 1 fully saturated rings. The molecule has 1 aliphatic heterocycles. The second-order valence-corrected chi connectivity index (χ2v) is 9.05. The Hall–Kier alpha value is -1.89. The number of piperidine rings is 1. The van der Waals surface area contributed by atoms with E-state index in [1.54, 1.807) is 30.3 Å². The minimum atomic E-state index is -3.69. The summed E-state index contributed by atoms with van der Waals surface area (Å²) in [7, 11) is -3.69. The van der Waals surface area contributed by atoms with Crippen LogP contribution in [-0.4, -0.2) is 31.7 Å². The van der Waals surface area contributed by atoms with Crippen molar-refractivity contribution >= 4 is 27.5 Å². The van der Waals surface area contributed by atoms with Gasteiger partial charge in [0.25, 0.3) is 5.91 Å². The van der Waals surface area contributed by atoms with Gasteiger partial charge < -0.3 is 5.32 Å². The van der Waals surface area contributed by atoms with Gasteiger partial charge in [0.1, 0.15) is 0 Å². The van der Waals surface area contributed by atoms with Gasteiger partial charge in [-0.2, -0.15) is 4.31 Å². The lowest BCUT2D eigenvalue weighted by molar-refractivity contribution is 0.0936. The van der Waals surface area contributed by atoms with Gasteiger partial charge in [-0.1, -0.05) is 42.3 Å². The summed E-state index contributed by atoms with van der Waals surface area (Å²) in [6, 6.07) is 13.3. The Bertz CT molecular complexity index is 924. The molecule has 1 saturated heterocycles. The second-order valence-electron chi connectivity index (χ2n) is 6.71. The monoisotopic (exact) mass is 406 g/mol. The highest BCUT2D eigenvalue weighted by Crippen LogP contribution is 2.24. The number of halogens is 1. The molecule has 0 spiro atoms. The number of sulfonamides is 1. The van der Waals surface area contributed by atoms with Crippen LogP contribution >= 0.6 is 11.6 Å². The van der Waals surface area contributed by atoms with Crippen molar-refractivity contribution in [3.05, 3.63) is 64.7 Å². The maximum absolute atomic E-state index is 13.0. The van der Waals surface area contributed by atoms with E-state index < -0.39 is 15.9 Å². The van der Waals surface area contributed by atoms with Crippen molar-refractivity contribution in [2.24, 2.45) is 0 Å². The van der Waals surface area contributed by atoms with E-state index in [0.29, 0.717) is 18.1 Å². The van der Waals surface area contributed by atoms with Crippen molar-refractivity contribution in [3.8, 4) is 0 Å². The molecule has 27 heavy (non-hydrogen) atoms. The van der Waals surface area contributed by atoms with Crippen LogP contribution < -0.4 is 5.32 Å². The highest BCUT2D eigenvalue weighted by Gasteiger charge is 2.30. The molecular formula is C20H23ClN2O3S. The Labute approximate surface area is 165 Å². The van der Waals surface area contributed by atoms with Crippen LogP contribution in [0.2, 0.25) is 5.02 Å². The quantitative estimate of drug-likeness (QED) is 0.815. The molecule has 2 aromatic carbocycles. The van der Waals surface area contributed by atoms with Gasteiger partial charge in [-0.3, -0.25) is 4.79 Å². The van der Waals surface area contributed by atoms with Crippen molar-refractivity contribution < 1.29 is 13.2 Å². The fourth-order valence-electron chi connectivity index (χ4n) is 3.26. The molecule has 0 radical (unpaired) electrons. The van der Waals surface area contributed by atoms with Gasteiger partial charge in [0.05, 0.1) is 16.5 Å². The molecule has 1 amide bonds.